The van der Waals surface area contributed by atoms with E-state index in [0.717, 1.165) is 25.9 Å². The van der Waals surface area contributed by atoms with Crippen molar-refractivity contribution in [2.45, 2.75) is 25.7 Å². The molecule has 1 aromatic carbocycles. The van der Waals surface area contributed by atoms with Gasteiger partial charge in [0.2, 0.25) is 0 Å². The van der Waals surface area contributed by atoms with Crippen LogP contribution in [0, 0.1) is 17.0 Å². The van der Waals surface area contributed by atoms with E-state index in [4.69, 9.17) is 5.73 Å². The van der Waals surface area contributed by atoms with Gasteiger partial charge >= 0.3 is 0 Å². The molecule has 1 aliphatic heterocycles. The molecule has 22 heavy (non-hydrogen) atoms. The van der Waals surface area contributed by atoms with Crippen LogP contribution < -0.4 is 10.6 Å². The molecule has 3 rings (SSSR count). The van der Waals surface area contributed by atoms with E-state index in [1.165, 1.54) is 16.0 Å². The minimum absolute atomic E-state index is 0.123. The maximum atomic E-state index is 11.2. The van der Waals surface area contributed by atoms with Gasteiger partial charge in [-0.25, -0.2) is 4.98 Å². The fourth-order valence-corrected chi connectivity index (χ4v) is 3.82. The van der Waals surface area contributed by atoms with Crippen LogP contribution in [0.1, 0.15) is 28.6 Å². The lowest BCUT2D eigenvalue weighted by Crippen LogP contribution is -2.33. The third kappa shape index (κ3) is 2.89. The number of thiazole rings is 1. The summed E-state index contributed by atoms with van der Waals surface area (Å²) in [6.45, 7) is 3.63. The first kappa shape index (κ1) is 14.8. The molecule has 7 heteroatoms. The molecule has 2 N–H and O–H groups in total. The molecule has 0 amide bonds. The highest BCUT2D eigenvalue weighted by molar-refractivity contribution is 7.11. The second-order valence-electron chi connectivity index (χ2n) is 5.58. The number of aromatic nitrogens is 1. The molecular weight excluding hydrogens is 300 g/mol. The average molecular weight is 318 g/mol. The zero-order valence-corrected chi connectivity index (χ0v) is 13.2. The third-order valence-electron chi connectivity index (χ3n) is 4.02. The fourth-order valence-electron chi connectivity index (χ4n) is 2.88. The van der Waals surface area contributed by atoms with Gasteiger partial charge in [-0.2, -0.15) is 0 Å². The molecule has 0 atom stereocenters. The fraction of sp³-hybridized carbons (Fsp3) is 0.400. The number of nitrogen functional groups attached to an aromatic ring is 1. The molecule has 0 aliphatic carbocycles. The molecular formula is C15H18N4O2S. The van der Waals surface area contributed by atoms with Crippen LogP contribution in [0.25, 0.3) is 0 Å². The Kier molecular flexibility index (Phi) is 3.98. The van der Waals surface area contributed by atoms with Gasteiger partial charge in [0.1, 0.15) is 5.69 Å². The van der Waals surface area contributed by atoms with Gasteiger partial charge in [-0.05, 0) is 31.9 Å². The van der Waals surface area contributed by atoms with Crippen LogP contribution in [0.3, 0.4) is 0 Å². The minimum atomic E-state index is -0.342. The summed E-state index contributed by atoms with van der Waals surface area (Å²) in [6, 6.07) is 4.76. The highest BCUT2D eigenvalue weighted by Crippen LogP contribution is 2.36. The normalized spacial score (nSPS) is 16.0. The van der Waals surface area contributed by atoms with Crippen LogP contribution in [0.5, 0.6) is 0 Å². The summed E-state index contributed by atoms with van der Waals surface area (Å²) in [5.74, 6) is 0.454. The Morgan fingerprint density at radius 1 is 1.41 bits per heavy atom. The molecule has 0 unspecified atom stereocenters. The van der Waals surface area contributed by atoms with E-state index in [9.17, 15) is 10.1 Å². The van der Waals surface area contributed by atoms with Crippen LogP contribution in [0.2, 0.25) is 0 Å². The van der Waals surface area contributed by atoms with Crippen molar-refractivity contribution >= 4 is 28.4 Å². The first-order chi connectivity index (χ1) is 10.5. The topological polar surface area (TPSA) is 85.3 Å². The second-order valence-corrected chi connectivity index (χ2v) is 6.84. The number of rotatable bonds is 3. The maximum Gasteiger partial charge on any atom is 0.292 e. The van der Waals surface area contributed by atoms with E-state index in [2.05, 4.69) is 16.8 Å². The minimum Gasteiger partial charge on any atom is -0.399 e. The predicted octanol–water partition coefficient (Wildman–Crippen LogP) is 3.33. The lowest BCUT2D eigenvalue weighted by atomic mass is 9.97. The number of anilines is 2. The van der Waals surface area contributed by atoms with Crippen LogP contribution in [-0.4, -0.2) is 23.0 Å². The van der Waals surface area contributed by atoms with Crippen molar-refractivity contribution in [3.63, 3.8) is 0 Å². The second kappa shape index (κ2) is 5.92. The Morgan fingerprint density at radius 3 is 2.73 bits per heavy atom. The standard InChI is InChI=1S/C15H18N4O2S/c1-10-9-17-15(22-10)11-4-6-18(7-5-11)14-8-12(16)2-3-13(14)19(20)21/h2-3,8-9,11H,4-7,16H2,1H3. The van der Waals surface area contributed by atoms with E-state index in [-0.39, 0.29) is 10.6 Å². The SMILES string of the molecule is Cc1cnc(C2CCN(c3cc(N)ccc3[N+](=O)[O-])CC2)s1. The number of nitrogens with two attached hydrogens (primary N) is 1. The number of hydrogen-bond acceptors (Lipinski definition) is 6. The van der Waals surface area contributed by atoms with Crippen LogP contribution >= 0.6 is 11.3 Å². The largest absolute Gasteiger partial charge is 0.399 e. The molecule has 0 spiro atoms. The van der Waals surface area contributed by atoms with Gasteiger partial charge in [0.25, 0.3) is 5.69 Å². The summed E-state index contributed by atoms with van der Waals surface area (Å²) >= 11 is 1.74. The van der Waals surface area contributed by atoms with Crippen LogP contribution in [0.15, 0.2) is 24.4 Å². The van der Waals surface area contributed by atoms with Gasteiger partial charge in [-0.1, -0.05) is 0 Å². The molecule has 116 valence electrons. The van der Waals surface area contributed by atoms with Gasteiger partial charge in [0.15, 0.2) is 0 Å². The van der Waals surface area contributed by atoms with Crippen molar-refractivity contribution in [2.24, 2.45) is 0 Å². The first-order valence-electron chi connectivity index (χ1n) is 7.26. The van der Waals surface area contributed by atoms with Gasteiger partial charge in [-0.15, -0.1) is 11.3 Å². The maximum absolute atomic E-state index is 11.2. The summed E-state index contributed by atoms with van der Waals surface area (Å²) in [6.07, 6.45) is 3.83. The quantitative estimate of drug-likeness (QED) is 0.533. The lowest BCUT2D eigenvalue weighted by Gasteiger charge is -2.32. The van der Waals surface area contributed by atoms with E-state index in [1.807, 2.05) is 6.20 Å². The van der Waals surface area contributed by atoms with Crippen molar-refractivity contribution < 1.29 is 4.92 Å². The number of benzene rings is 1. The Labute approximate surface area is 132 Å². The first-order valence-corrected chi connectivity index (χ1v) is 8.07. The zero-order chi connectivity index (χ0) is 15.7. The Morgan fingerprint density at radius 2 is 2.14 bits per heavy atom. The predicted molar refractivity (Wildman–Crippen MR) is 88.5 cm³/mol. The number of piperidine rings is 1. The number of hydrogen-bond donors (Lipinski definition) is 1. The summed E-state index contributed by atoms with van der Waals surface area (Å²) in [4.78, 5) is 18.6. The van der Waals surface area contributed by atoms with Crippen LogP contribution in [0.4, 0.5) is 17.1 Å². The van der Waals surface area contributed by atoms with E-state index in [1.54, 1.807) is 23.5 Å². The van der Waals surface area contributed by atoms with Gasteiger partial charge in [0.05, 0.1) is 9.93 Å². The van der Waals surface area contributed by atoms with Crippen LogP contribution in [-0.2, 0) is 0 Å². The number of nitrogens with zero attached hydrogens (tertiary/aromatic N) is 3. The van der Waals surface area contributed by atoms with Gasteiger partial charge < -0.3 is 10.6 Å². The molecule has 1 aromatic heterocycles. The lowest BCUT2D eigenvalue weighted by molar-refractivity contribution is -0.384. The summed E-state index contributed by atoms with van der Waals surface area (Å²) < 4.78 is 0. The molecule has 6 nitrogen and oxygen atoms in total. The smallest absolute Gasteiger partial charge is 0.292 e. The zero-order valence-electron chi connectivity index (χ0n) is 12.4. The summed E-state index contributed by atoms with van der Waals surface area (Å²) in [7, 11) is 0. The highest BCUT2D eigenvalue weighted by Gasteiger charge is 2.26. The van der Waals surface area contributed by atoms with Crippen molar-refractivity contribution in [3.05, 3.63) is 44.4 Å². The number of aryl methyl sites for hydroxylation is 1. The summed E-state index contributed by atoms with van der Waals surface area (Å²) in [5.41, 5.74) is 7.10. The Hall–Kier alpha value is -2.15. The molecule has 0 bridgehead atoms. The molecule has 0 radical (unpaired) electrons. The molecule has 1 saturated heterocycles. The van der Waals surface area contributed by atoms with Crippen molar-refractivity contribution in [1.29, 1.82) is 0 Å². The summed E-state index contributed by atoms with van der Waals surface area (Å²) in [5, 5.41) is 12.4. The number of nitro groups is 1. The highest BCUT2D eigenvalue weighted by atomic mass is 32.1. The van der Waals surface area contributed by atoms with E-state index < -0.39 is 0 Å². The van der Waals surface area contributed by atoms with Crippen molar-refractivity contribution in [2.75, 3.05) is 23.7 Å². The third-order valence-corrected chi connectivity index (χ3v) is 5.10. The average Bonchev–Trinajstić information content (AvgIpc) is 2.93. The molecule has 1 fully saturated rings. The Bertz CT molecular complexity index is 693. The monoisotopic (exact) mass is 318 g/mol. The molecule has 2 heterocycles. The molecule has 1 aliphatic rings. The molecule has 2 aromatic rings. The van der Waals surface area contributed by atoms with E-state index in [0.29, 0.717) is 17.3 Å². The number of nitro benzene ring substituents is 1. The van der Waals surface area contributed by atoms with E-state index >= 15 is 0 Å². The van der Waals surface area contributed by atoms with Crippen molar-refractivity contribution in [3.8, 4) is 0 Å². The van der Waals surface area contributed by atoms with Gasteiger partial charge in [0, 0.05) is 41.8 Å². The Balaban J connectivity index is 1.76. The molecule has 0 saturated carbocycles. The van der Waals surface area contributed by atoms with Crippen molar-refractivity contribution in [1.82, 2.24) is 4.98 Å². The van der Waals surface area contributed by atoms with Gasteiger partial charge in [-0.3, -0.25) is 10.1 Å².